The van der Waals surface area contributed by atoms with E-state index in [1.807, 2.05) is 6.08 Å². The molecule has 0 aliphatic heterocycles. The first-order valence-corrected chi connectivity index (χ1v) is 10.4. The summed E-state index contributed by atoms with van der Waals surface area (Å²) in [4.78, 5) is 11.6. The van der Waals surface area contributed by atoms with E-state index >= 15 is 0 Å². The Morgan fingerprint density at radius 1 is 1.19 bits per heavy atom. The molecule has 3 rings (SSSR count). The van der Waals surface area contributed by atoms with Crippen LogP contribution in [-0.2, 0) is 20.9 Å². The van der Waals surface area contributed by atoms with Gasteiger partial charge in [0.05, 0.1) is 13.5 Å². The third-order valence-corrected chi connectivity index (χ3v) is 5.15. The van der Waals surface area contributed by atoms with E-state index < -0.39 is 12.2 Å². The molecule has 170 valence electrons. The third-order valence-electron chi connectivity index (χ3n) is 4.94. The number of carbonyl (C=O) groups is 1. The maximum absolute atomic E-state index is 13.8. The van der Waals surface area contributed by atoms with Gasteiger partial charge in [0.1, 0.15) is 18.4 Å². The van der Waals surface area contributed by atoms with Gasteiger partial charge in [0.2, 0.25) is 0 Å². The third kappa shape index (κ3) is 6.53. The largest absolute Gasteiger partial charge is 0.489 e. The maximum atomic E-state index is 13.8. The highest BCUT2D eigenvalue weighted by Crippen LogP contribution is 2.37. The number of rotatable bonds is 8. The number of hydrogen-bond acceptors (Lipinski definition) is 4. The van der Waals surface area contributed by atoms with Crippen molar-refractivity contribution < 1.29 is 27.4 Å². The lowest BCUT2D eigenvalue weighted by Crippen LogP contribution is -2.28. The van der Waals surface area contributed by atoms with Crippen LogP contribution in [0.3, 0.4) is 0 Å². The number of benzene rings is 2. The van der Waals surface area contributed by atoms with Crippen LogP contribution in [0.15, 0.2) is 72.0 Å². The Kier molecular flexibility index (Phi) is 7.85. The van der Waals surface area contributed by atoms with Crippen molar-refractivity contribution in [3.63, 3.8) is 0 Å². The van der Waals surface area contributed by atoms with E-state index in [9.17, 15) is 18.0 Å². The van der Waals surface area contributed by atoms with Crippen LogP contribution in [0, 0.1) is 0 Å². The van der Waals surface area contributed by atoms with Gasteiger partial charge in [-0.25, -0.2) is 0 Å². The normalized spacial score (nSPS) is 14.8. The first-order chi connectivity index (χ1) is 15.3. The quantitative estimate of drug-likeness (QED) is 0.438. The van der Waals surface area contributed by atoms with E-state index in [1.165, 1.54) is 19.2 Å². The molecule has 0 heterocycles. The number of nitrogens with one attached hydrogen (secondary N) is 1. The molecular formula is C24H23ClF3NO3. The second-order valence-electron chi connectivity index (χ2n) is 7.33. The van der Waals surface area contributed by atoms with E-state index in [0.29, 0.717) is 23.4 Å². The molecule has 1 N–H and O–H groups in total. The minimum absolute atomic E-state index is 0.00776. The predicted octanol–water partition coefficient (Wildman–Crippen LogP) is 6.74. The number of esters is 1. The average molecular weight is 466 g/mol. The summed E-state index contributed by atoms with van der Waals surface area (Å²) < 4.78 is 52.1. The zero-order valence-electron chi connectivity index (χ0n) is 17.4. The molecule has 0 spiro atoms. The van der Waals surface area contributed by atoms with Crippen LogP contribution in [0.25, 0.3) is 0 Å². The van der Waals surface area contributed by atoms with Gasteiger partial charge in [-0.1, -0.05) is 35.9 Å². The van der Waals surface area contributed by atoms with E-state index in [1.54, 1.807) is 42.5 Å². The summed E-state index contributed by atoms with van der Waals surface area (Å²) in [5, 5.41) is 2.71. The van der Waals surface area contributed by atoms with Crippen LogP contribution in [0.5, 0.6) is 0 Å². The molecule has 0 fully saturated rings. The molecule has 8 heteroatoms. The first kappa shape index (κ1) is 23.7. The fourth-order valence-electron chi connectivity index (χ4n) is 3.40. The highest BCUT2D eigenvalue weighted by Gasteiger charge is 2.41. The summed E-state index contributed by atoms with van der Waals surface area (Å²) in [5.74, 6) is 0.152. The topological polar surface area (TPSA) is 47.6 Å². The van der Waals surface area contributed by atoms with Gasteiger partial charge in [-0.3, -0.25) is 4.79 Å². The number of carbonyl (C=O) groups excluding carboxylic acids is 1. The van der Waals surface area contributed by atoms with Crippen molar-refractivity contribution in [2.24, 2.45) is 0 Å². The molecule has 1 unspecified atom stereocenters. The second-order valence-corrected chi connectivity index (χ2v) is 7.76. The Bertz CT molecular complexity index is 1000. The molecule has 4 nitrogen and oxygen atoms in total. The number of methoxy groups -OCH3 is 1. The van der Waals surface area contributed by atoms with Crippen LogP contribution >= 0.6 is 11.6 Å². The van der Waals surface area contributed by atoms with Crippen LogP contribution in [0.2, 0.25) is 5.02 Å². The van der Waals surface area contributed by atoms with Crippen molar-refractivity contribution in [1.82, 2.24) is 0 Å². The molecule has 2 aromatic rings. The van der Waals surface area contributed by atoms with Gasteiger partial charge in [0.25, 0.3) is 0 Å². The van der Waals surface area contributed by atoms with Crippen molar-refractivity contribution in [3.8, 4) is 0 Å². The van der Waals surface area contributed by atoms with Gasteiger partial charge >= 0.3 is 12.1 Å². The second kappa shape index (κ2) is 10.6. The molecule has 2 aromatic carbocycles. The van der Waals surface area contributed by atoms with Crippen LogP contribution in [0.1, 0.15) is 36.4 Å². The van der Waals surface area contributed by atoms with E-state index in [0.717, 1.165) is 12.0 Å². The number of ether oxygens (including phenoxy) is 2. The van der Waals surface area contributed by atoms with E-state index in [4.69, 9.17) is 21.1 Å². The molecule has 1 atom stereocenters. The Balaban J connectivity index is 1.82. The summed E-state index contributed by atoms with van der Waals surface area (Å²) in [6.07, 6.45) is 0.679. The highest BCUT2D eigenvalue weighted by molar-refractivity contribution is 6.30. The summed E-state index contributed by atoms with van der Waals surface area (Å²) >= 11 is 6.15. The fourth-order valence-corrected chi connectivity index (χ4v) is 3.67. The minimum atomic E-state index is -4.54. The monoisotopic (exact) mass is 465 g/mol. The molecule has 0 radical (unpaired) electrons. The number of allylic oxidation sites excluding steroid dienone is 2. The SMILES string of the molecule is COC(=O)CC1=C(OCc2cc(Cl)cc(C(Nc3ccccc3)C(F)(F)F)c2)C=CCC1. The Morgan fingerprint density at radius 3 is 2.62 bits per heavy atom. The lowest BCUT2D eigenvalue weighted by molar-refractivity contribution is -0.144. The van der Waals surface area contributed by atoms with Gasteiger partial charge in [-0.2, -0.15) is 13.2 Å². The predicted molar refractivity (Wildman–Crippen MR) is 117 cm³/mol. The van der Waals surface area contributed by atoms with Gasteiger partial charge in [0.15, 0.2) is 0 Å². The van der Waals surface area contributed by atoms with Crippen LogP contribution in [0.4, 0.5) is 18.9 Å². The van der Waals surface area contributed by atoms with Gasteiger partial charge in [0, 0.05) is 10.7 Å². The number of halogens is 4. The Morgan fingerprint density at radius 2 is 1.94 bits per heavy atom. The van der Waals surface area contributed by atoms with E-state index in [-0.39, 0.29) is 29.6 Å². The summed E-state index contributed by atoms with van der Waals surface area (Å²) in [7, 11) is 1.32. The Labute approximate surface area is 189 Å². The molecule has 0 amide bonds. The molecule has 32 heavy (non-hydrogen) atoms. The molecule has 0 bridgehead atoms. The zero-order valence-corrected chi connectivity index (χ0v) is 18.2. The standard InChI is InChI=1S/C24H23ClF3NO3/c1-31-22(30)14-17-7-5-6-10-21(17)32-15-16-11-18(13-19(25)12-16)23(24(26,27)28)29-20-8-3-2-4-9-20/h2-4,6,8-13,23,29H,5,7,14-15H2,1H3. The molecule has 1 aliphatic rings. The first-order valence-electron chi connectivity index (χ1n) is 10.0. The van der Waals surface area contributed by atoms with Crippen molar-refractivity contribution in [2.75, 3.05) is 12.4 Å². The smallest absolute Gasteiger partial charge is 0.412 e. The molecule has 0 saturated heterocycles. The minimum Gasteiger partial charge on any atom is -0.489 e. The summed E-state index contributed by atoms with van der Waals surface area (Å²) in [6, 6.07) is 10.5. The molecule has 1 aliphatic carbocycles. The maximum Gasteiger partial charge on any atom is 0.412 e. The highest BCUT2D eigenvalue weighted by atomic mass is 35.5. The van der Waals surface area contributed by atoms with Crippen molar-refractivity contribution in [2.45, 2.75) is 38.1 Å². The van der Waals surface area contributed by atoms with Crippen molar-refractivity contribution in [1.29, 1.82) is 0 Å². The van der Waals surface area contributed by atoms with Crippen molar-refractivity contribution in [3.05, 3.63) is 88.2 Å². The Hall–Kier alpha value is -2.93. The molecular weight excluding hydrogens is 443 g/mol. The van der Waals surface area contributed by atoms with Gasteiger partial charge in [-0.05, 0) is 65.9 Å². The van der Waals surface area contributed by atoms with Crippen LogP contribution < -0.4 is 5.32 Å². The fraction of sp³-hybridized carbons (Fsp3) is 0.292. The van der Waals surface area contributed by atoms with Crippen LogP contribution in [-0.4, -0.2) is 19.3 Å². The molecule has 0 aromatic heterocycles. The summed E-state index contributed by atoms with van der Waals surface area (Å²) in [5.41, 5.74) is 1.61. The lowest BCUT2D eigenvalue weighted by atomic mass is 10.0. The van der Waals surface area contributed by atoms with Gasteiger partial charge in [-0.15, -0.1) is 0 Å². The zero-order chi connectivity index (χ0) is 23.1. The average Bonchev–Trinajstić information content (AvgIpc) is 2.76. The van der Waals surface area contributed by atoms with Gasteiger partial charge < -0.3 is 14.8 Å². The molecule has 0 saturated carbocycles. The number of para-hydroxylation sites is 1. The number of alkyl halides is 3. The van der Waals surface area contributed by atoms with Crippen molar-refractivity contribution >= 4 is 23.3 Å². The van der Waals surface area contributed by atoms with E-state index in [2.05, 4.69) is 5.32 Å². The summed E-state index contributed by atoms with van der Waals surface area (Å²) in [6.45, 7) is 0.00776. The lowest BCUT2D eigenvalue weighted by Gasteiger charge is -2.24. The number of hydrogen-bond donors (Lipinski definition) is 1. The number of anilines is 1.